The first-order valence-corrected chi connectivity index (χ1v) is 5.36. The minimum atomic E-state index is 0.731. The van der Waals surface area contributed by atoms with Gasteiger partial charge in [-0.2, -0.15) is 0 Å². The fourth-order valence-electron chi connectivity index (χ4n) is 1.71. The van der Waals surface area contributed by atoms with E-state index in [2.05, 4.69) is 21.5 Å². The summed E-state index contributed by atoms with van der Waals surface area (Å²) in [4.78, 5) is 3.97. The van der Waals surface area contributed by atoms with Crippen LogP contribution >= 0.6 is 0 Å². The molecule has 0 saturated heterocycles. The lowest BCUT2D eigenvalue weighted by atomic mass is 10.2. The molecule has 1 aromatic carbocycles. The van der Waals surface area contributed by atoms with E-state index in [1.807, 2.05) is 31.2 Å². The van der Waals surface area contributed by atoms with Crippen LogP contribution in [-0.4, -0.2) is 10.1 Å². The topological polar surface area (TPSA) is 51.0 Å². The average molecular weight is 225 g/mol. The van der Waals surface area contributed by atoms with E-state index >= 15 is 0 Å². The number of aromatic nitrogens is 2. The van der Waals surface area contributed by atoms with Crippen LogP contribution in [0.15, 0.2) is 47.2 Å². The highest BCUT2D eigenvalue weighted by Crippen LogP contribution is 2.26. The Hall–Kier alpha value is -2.36. The Morgan fingerprint density at radius 1 is 1.12 bits per heavy atom. The van der Waals surface area contributed by atoms with Gasteiger partial charge in [0.1, 0.15) is 0 Å². The molecule has 0 aliphatic rings. The van der Waals surface area contributed by atoms with Gasteiger partial charge in [-0.3, -0.25) is 4.98 Å². The molecule has 1 N–H and O–H groups in total. The van der Waals surface area contributed by atoms with Gasteiger partial charge >= 0.3 is 0 Å². The van der Waals surface area contributed by atoms with Gasteiger partial charge in [0.25, 0.3) is 0 Å². The second kappa shape index (κ2) is 3.90. The number of hydrogen-bond acceptors (Lipinski definition) is 4. The Labute approximate surface area is 98.3 Å². The molecule has 0 fully saturated rings. The maximum absolute atomic E-state index is 5.25. The molecule has 84 valence electrons. The number of nitrogens with one attached hydrogen (secondary N) is 1. The predicted molar refractivity (Wildman–Crippen MR) is 66.3 cm³/mol. The summed E-state index contributed by atoms with van der Waals surface area (Å²) in [6, 6.07) is 9.75. The van der Waals surface area contributed by atoms with Crippen molar-refractivity contribution in [1.82, 2.24) is 10.1 Å². The zero-order valence-electron chi connectivity index (χ0n) is 9.34. The highest BCUT2D eigenvalue weighted by atomic mass is 16.5. The molecular weight excluding hydrogens is 214 g/mol. The molecule has 0 unspecified atom stereocenters. The molecule has 3 aromatic rings. The van der Waals surface area contributed by atoms with E-state index in [9.17, 15) is 0 Å². The van der Waals surface area contributed by atoms with Crippen LogP contribution in [0, 0.1) is 6.92 Å². The molecule has 0 aliphatic heterocycles. The van der Waals surface area contributed by atoms with Crippen LogP contribution < -0.4 is 5.32 Å². The fraction of sp³-hybridized carbons (Fsp3) is 0.0769. The number of nitrogens with zero attached hydrogens (tertiary/aromatic N) is 2. The van der Waals surface area contributed by atoms with Gasteiger partial charge in [-0.15, -0.1) is 0 Å². The maximum Gasteiger partial charge on any atom is 0.181 e. The van der Waals surface area contributed by atoms with Crippen molar-refractivity contribution in [2.75, 3.05) is 5.32 Å². The lowest BCUT2D eigenvalue weighted by molar-refractivity contribution is 0.460. The SMILES string of the molecule is Cc1ccc2onc(Nc3ccncc3)c2c1. The van der Waals surface area contributed by atoms with E-state index in [0.29, 0.717) is 0 Å². The summed E-state index contributed by atoms with van der Waals surface area (Å²) in [5, 5.41) is 8.22. The smallest absolute Gasteiger partial charge is 0.181 e. The number of hydrogen-bond donors (Lipinski definition) is 1. The van der Waals surface area contributed by atoms with Gasteiger partial charge in [-0.25, -0.2) is 0 Å². The van der Waals surface area contributed by atoms with Crippen molar-refractivity contribution in [3.8, 4) is 0 Å². The zero-order valence-corrected chi connectivity index (χ0v) is 9.34. The highest BCUT2D eigenvalue weighted by Gasteiger charge is 2.07. The molecule has 3 rings (SSSR count). The van der Waals surface area contributed by atoms with Crippen LogP contribution in [0.4, 0.5) is 11.5 Å². The van der Waals surface area contributed by atoms with Crippen LogP contribution in [0.1, 0.15) is 5.56 Å². The monoisotopic (exact) mass is 225 g/mol. The second-order valence-electron chi connectivity index (χ2n) is 3.89. The molecule has 4 heteroatoms. The molecule has 0 aliphatic carbocycles. The average Bonchev–Trinajstić information content (AvgIpc) is 2.73. The van der Waals surface area contributed by atoms with Crippen LogP contribution in [-0.2, 0) is 0 Å². The first kappa shape index (κ1) is 9.84. The number of benzene rings is 1. The van der Waals surface area contributed by atoms with Crippen LogP contribution in [0.3, 0.4) is 0 Å². The third-order valence-electron chi connectivity index (χ3n) is 2.57. The summed E-state index contributed by atoms with van der Waals surface area (Å²) in [7, 11) is 0. The van der Waals surface area contributed by atoms with Crippen LogP contribution in [0.2, 0.25) is 0 Å². The molecular formula is C13H11N3O. The van der Waals surface area contributed by atoms with E-state index in [1.54, 1.807) is 12.4 Å². The Balaban J connectivity index is 2.03. The summed E-state index contributed by atoms with van der Waals surface area (Å²) in [5.74, 6) is 0.731. The Morgan fingerprint density at radius 3 is 2.76 bits per heavy atom. The molecule has 0 saturated carbocycles. The van der Waals surface area contributed by atoms with E-state index in [1.165, 1.54) is 5.56 Å². The number of pyridine rings is 1. The first-order valence-electron chi connectivity index (χ1n) is 5.36. The lowest BCUT2D eigenvalue weighted by Crippen LogP contribution is -1.90. The number of anilines is 2. The quantitative estimate of drug-likeness (QED) is 0.727. The number of rotatable bonds is 2. The van der Waals surface area contributed by atoms with Crippen molar-refractivity contribution in [3.63, 3.8) is 0 Å². The first-order chi connectivity index (χ1) is 8.33. The normalized spacial score (nSPS) is 10.6. The molecule has 0 spiro atoms. The van der Waals surface area contributed by atoms with E-state index in [4.69, 9.17) is 4.52 Å². The summed E-state index contributed by atoms with van der Waals surface area (Å²) in [6.07, 6.45) is 3.46. The van der Waals surface area contributed by atoms with E-state index in [-0.39, 0.29) is 0 Å². The molecule has 2 aromatic heterocycles. The zero-order chi connectivity index (χ0) is 11.7. The van der Waals surface area contributed by atoms with Crippen molar-refractivity contribution in [1.29, 1.82) is 0 Å². The summed E-state index contributed by atoms with van der Waals surface area (Å²) in [5.41, 5.74) is 2.90. The van der Waals surface area contributed by atoms with Crippen molar-refractivity contribution in [2.24, 2.45) is 0 Å². The third kappa shape index (κ3) is 1.85. The molecule has 0 radical (unpaired) electrons. The van der Waals surface area contributed by atoms with Gasteiger partial charge < -0.3 is 9.84 Å². The lowest BCUT2D eigenvalue weighted by Gasteiger charge is -2.01. The summed E-state index contributed by atoms with van der Waals surface area (Å²) >= 11 is 0. The van der Waals surface area contributed by atoms with Crippen molar-refractivity contribution < 1.29 is 4.52 Å². The minimum absolute atomic E-state index is 0.731. The summed E-state index contributed by atoms with van der Waals surface area (Å²) < 4.78 is 5.25. The van der Waals surface area contributed by atoms with Gasteiger partial charge in [-0.05, 0) is 31.2 Å². The molecule has 0 bridgehead atoms. The van der Waals surface area contributed by atoms with E-state index in [0.717, 1.165) is 22.5 Å². The van der Waals surface area contributed by atoms with Gasteiger partial charge in [0.05, 0.1) is 5.39 Å². The van der Waals surface area contributed by atoms with Crippen LogP contribution in [0.5, 0.6) is 0 Å². The van der Waals surface area contributed by atoms with Gasteiger partial charge in [0.2, 0.25) is 0 Å². The molecule has 0 atom stereocenters. The molecule has 17 heavy (non-hydrogen) atoms. The maximum atomic E-state index is 5.25. The fourth-order valence-corrected chi connectivity index (χ4v) is 1.71. The van der Waals surface area contributed by atoms with E-state index < -0.39 is 0 Å². The molecule has 4 nitrogen and oxygen atoms in total. The van der Waals surface area contributed by atoms with Crippen molar-refractivity contribution in [3.05, 3.63) is 48.3 Å². The predicted octanol–water partition coefficient (Wildman–Crippen LogP) is 3.27. The third-order valence-corrected chi connectivity index (χ3v) is 2.57. The second-order valence-corrected chi connectivity index (χ2v) is 3.89. The largest absolute Gasteiger partial charge is 0.354 e. The Bertz CT molecular complexity index is 646. The molecule has 2 heterocycles. The standard InChI is InChI=1S/C13H11N3O/c1-9-2-3-12-11(8-9)13(16-17-12)15-10-4-6-14-7-5-10/h2-8H,1H3,(H,14,15,16). The number of fused-ring (bicyclic) bond motifs is 1. The van der Waals surface area contributed by atoms with Gasteiger partial charge in [0.15, 0.2) is 11.4 Å². The van der Waals surface area contributed by atoms with Crippen LogP contribution in [0.25, 0.3) is 11.0 Å². The van der Waals surface area contributed by atoms with Gasteiger partial charge in [-0.1, -0.05) is 16.8 Å². The molecule has 0 amide bonds. The summed E-state index contributed by atoms with van der Waals surface area (Å²) in [6.45, 7) is 2.04. The van der Waals surface area contributed by atoms with Gasteiger partial charge in [0, 0.05) is 18.1 Å². The number of aryl methyl sites for hydroxylation is 1. The minimum Gasteiger partial charge on any atom is -0.354 e. The highest BCUT2D eigenvalue weighted by molar-refractivity contribution is 5.90. The van der Waals surface area contributed by atoms with Crippen molar-refractivity contribution in [2.45, 2.75) is 6.92 Å². The Kier molecular flexibility index (Phi) is 2.26. The van der Waals surface area contributed by atoms with Crippen molar-refractivity contribution >= 4 is 22.5 Å². The Morgan fingerprint density at radius 2 is 1.94 bits per heavy atom.